The first-order valence-corrected chi connectivity index (χ1v) is 5.64. The summed E-state index contributed by atoms with van der Waals surface area (Å²) in [6.45, 7) is 1.60. The van der Waals surface area contributed by atoms with Crippen molar-refractivity contribution in [3.05, 3.63) is 35.1 Å². The Balaban J connectivity index is 2.38. The number of carboxylic acids is 1. The predicted molar refractivity (Wildman–Crippen MR) is 60.0 cm³/mol. The Morgan fingerprint density at radius 3 is 2.65 bits per heavy atom. The van der Waals surface area contributed by atoms with Crippen molar-refractivity contribution in [3.8, 4) is 0 Å². The zero-order chi connectivity index (χ0) is 12.6. The Hall–Kier alpha value is -1.42. The SMILES string of the molecule is Cc1cc(C(O)(CC(=O)O)C2CC2)ccc1F. The van der Waals surface area contributed by atoms with Crippen molar-refractivity contribution in [2.24, 2.45) is 5.92 Å². The van der Waals surface area contributed by atoms with Crippen molar-refractivity contribution in [3.63, 3.8) is 0 Å². The Labute approximate surface area is 98.9 Å². The second-order valence-corrected chi connectivity index (χ2v) is 4.73. The van der Waals surface area contributed by atoms with E-state index in [4.69, 9.17) is 5.11 Å². The highest BCUT2D eigenvalue weighted by molar-refractivity contribution is 5.69. The average Bonchev–Trinajstić information content (AvgIpc) is 3.04. The maximum atomic E-state index is 13.2. The standard InChI is InChI=1S/C13H15FO3/c1-8-6-10(4-5-11(8)14)13(17,7-12(15)16)9-2-3-9/h4-6,9,17H,2-3,7H2,1H3,(H,15,16). The molecule has 17 heavy (non-hydrogen) atoms. The smallest absolute Gasteiger partial charge is 0.306 e. The van der Waals surface area contributed by atoms with Crippen LogP contribution in [0.2, 0.25) is 0 Å². The number of aryl methyl sites for hydroxylation is 1. The number of aliphatic hydroxyl groups is 1. The molecule has 0 saturated heterocycles. The molecule has 1 fully saturated rings. The van der Waals surface area contributed by atoms with Crippen LogP contribution in [0, 0.1) is 18.7 Å². The molecule has 1 atom stereocenters. The zero-order valence-electron chi connectivity index (χ0n) is 9.61. The van der Waals surface area contributed by atoms with Crippen LogP contribution in [0.25, 0.3) is 0 Å². The van der Waals surface area contributed by atoms with Crippen molar-refractivity contribution >= 4 is 5.97 Å². The van der Waals surface area contributed by atoms with Crippen LogP contribution in [-0.4, -0.2) is 16.2 Å². The quantitative estimate of drug-likeness (QED) is 0.845. The van der Waals surface area contributed by atoms with E-state index in [0.717, 1.165) is 12.8 Å². The molecule has 1 saturated carbocycles. The topological polar surface area (TPSA) is 57.5 Å². The van der Waals surface area contributed by atoms with Crippen molar-refractivity contribution in [1.82, 2.24) is 0 Å². The van der Waals surface area contributed by atoms with Gasteiger partial charge in [0.1, 0.15) is 11.4 Å². The summed E-state index contributed by atoms with van der Waals surface area (Å²) in [5.41, 5.74) is -0.433. The molecule has 2 rings (SSSR count). The van der Waals surface area contributed by atoms with Gasteiger partial charge in [0.25, 0.3) is 0 Å². The van der Waals surface area contributed by atoms with Crippen LogP contribution in [0.15, 0.2) is 18.2 Å². The van der Waals surface area contributed by atoms with E-state index in [1.165, 1.54) is 18.2 Å². The van der Waals surface area contributed by atoms with Gasteiger partial charge in [-0.3, -0.25) is 4.79 Å². The van der Waals surface area contributed by atoms with Gasteiger partial charge in [-0.15, -0.1) is 0 Å². The third-order valence-electron chi connectivity index (χ3n) is 3.33. The molecule has 0 bridgehead atoms. The van der Waals surface area contributed by atoms with Gasteiger partial charge < -0.3 is 10.2 Å². The molecule has 4 heteroatoms. The number of halogens is 1. The first-order chi connectivity index (χ1) is 7.93. The van der Waals surface area contributed by atoms with E-state index in [1.807, 2.05) is 0 Å². The van der Waals surface area contributed by atoms with Gasteiger partial charge in [-0.25, -0.2) is 4.39 Å². The Bertz CT molecular complexity index is 454. The molecule has 1 aliphatic rings. The highest BCUT2D eigenvalue weighted by Crippen LogP contribution is 2.47. The minimum absolute atomic E-state index is 0.0246. The molecule has 1 aromatic carbocycles. The summed E-state index contributed by atoms with van der Waals surface area (Å²) in [7, 11) is 0. The number of hydrogen-bond acceptors (Lipinski definition) is 2. The molecule has 3 nitrogen and oxygen atoms in total. The molecule has 92 valence electrons. The number of carbonyl (C=O) groups is 1. The third-order valence-corrected chi connectivity index (χ3v) is 3.33. The lowest BCUT2D eigenvalue weighted by Crippen LogP contribution is -2.31. The monoisotopic (exact) mass is 238 g/mol. The van der Waals surface area contributed by atoms with E-state index in [9.17, 15) is 14.3 Å². The lowest BCUT2D eigenvalue weighted by Gasteiger charge is -2.27. The molecule has 0 aliphatic heterocycles. The summed E-state index contributed by atoms with van der Waals surface area (Å²) < 4.78 is 13.2. The van der Waals surface area contributed by atoms with E-state index in [1.54, 1.807) is 6.92 Å². The fraction of sp³-hybridized carbons (Fsp3) is 0.462. The van der Waals surface area contributed by atoms with Gasteiger partial charge in [-0.2, -0.15) is 0 Å². The van der Waals surface area contributed by atoms with Gasteiger partial charge in [0.2, 0.25) is 0 Å². The van der Waals surface area contributed by atoms with Crippen LogP contribution in [0.3, 0.4) is 0 Å². The lowest BCUT2D eigenvalue weighted by molar-refractivity contribution is -0.144. The second-order valence-electron chi connectivity index (χ2n) is 4.73. The summed E-state index contributed by atoms with van der Waals surface area (Å²) in [5, 5.41) is 19.4. The van der Waals surface area contributed by atoms with Crippen LogP contribution in [0.4, 0.5) is 4.39 Å². The molecule has 0 spiro atoms. The Kier molecular flexibility index (Phi) is 2.91. The predicted octanol–water partition coefficient (Wildman–Crippen LogP) is 2.21. The maximum Gasteiger partial charge on any atom is 0.306 e. The molecular weight excluding hydrogens is 223 g/mol. The van der Waals surface area contributed by atoms with Gasteiger partial charge >= 0.3 is 5.97 Å². The average molecular weight is 238 g/mol. The molecule has 1 aliphatic carbocycles. The highest BCUT2D eigenvalue weighted by Gasteiger charge is 2.46. The number of aliphatic carboxylic acids is 1. The van der Waals surface area contributed by atoms with Crippen LogP contribution in [0.1, 0.15) is 30.4 Å². The highest BCUT2D eigenvalue weighted by atomic mass is 19.1. The molecule has 0 aromatic heterocycles. The lowest BCUT2D eigenvalue weighted by atomic mass is 9.85. The van der Waals surface area contributed by atoms with Crippen molar-refractivity contribution in [1.29, 1.82) is 0 Å². The molecule has 0 amide bonds. The van der Waals surface area contributed by atoms with Crippen molar-refractivity contribution < 1.29 is 19.4 Å². The fourth-order valence-corrected chi connectivity index (χ4v) is 2.19. The maximum absolute atomic E-state index is 13.2. The third kappa shape index (κ3) is 2.31. The molecule has 0 radical (unpaired) electrons. The van der Waals surface area contributed by atoms with Crippen LogP contribution in [-0.2, 0) is 10.4 Å². The van der Waals surface area contributed by atoms with Crippen molar-refractivity contribution in [2.75, 3.05) is 0 Å². The van der Waals surface area contributed by atoms with Crippen LogP contribution in [0.5, 0.6) is 0 Å². The normalized spacial score (nSPS) is 18.8. The molecule has 0 heterocycles. The van der Waals surface area contributed by atoms with E-state index >= 15 is 0 Å². The minimum Gasteiger partial charge on any atom is -0.481 e. The fourth-order valence-electron chi connectivity index (χ4n) is 2.19. The van der Waals surface area contributed by atoms with Crippen molar-refractivity contribution in [2.45, 2.75) is 31.8 Å². The van der Waals surface area contributed by atoms with Gasteiger partial charge in [0.15, 0.2) is 0 Å². The summed E-state index contributed by atoms with van der Waals surface area (Å²) >= 11 is 0. The Morgan fingerprint density at radius 2 is 2.18 bits per heavy atom. The largest absolute Gasteiger partial charge is 0.481 e. The molecule has 1 unspecified atom stereocenters. The van der Waals surface area contributed by atoms with E-state index in [2.05, 4.69) is 0 Å². The van der Waals surface area contributed by atoms with Gasteiger partial charge in [0, 0.05) is 0 Å². The first-order valence-electron chi connectivity index (χ1n) is 5.64. The zero-order valence-corrected chi connectivity index (χ0v) is 9.61. The summed E-state index contributed by atoms with van der Waals surface area (Å²) in [6.07, 6.45) is 1.31. The number of rotatable bonds is 4. The van der Waals surface area contributed by atoms with Crippen LogP contribution < -0.4 is 0 Å². The number of hydrogen-bond donors (Lipinski definition) is 2. The minimum atomic E-state index is -1.36. The first kappa shape index (κ1) is 12.0. The Morgan fingerprint density at radius 1 is 1.53 bits per heavy atom. The van der Waals surface area contributed by atoms with Gasteiger partial charge in [0.05, 0.1) is 6.42 Å². The van der Waals surface area contributed by atoms with E-state index in [-0.39, 0.29) is 18.2 Å². The second kappa shape index (κ2) is 4.11. The summed E-state index contributed by atoms with van der Waals surface area (Å²) in [6, 6.07) is 4.29. The molecule has 2 N–H and O–H groups in total. The van der Waals surface area contributed by atoms with E-state index in [0.29, 0.717) is 11.1 Å². The van der Waals surface area contributed by atoms with Gasteiger partial charge in [-0.05, 0) is 42.9 Å². The summed E-state index contributed by atoms with van der Waals surface area (Å²) in [5.74, 6) is -1.41. The number of benzene rings is 1. The van der Waals surface area contributed by atoms with Gasteiger partial charge in [-0.1, -0.05) is 12.1 Å². The van der Waals surface area contributed by atoms with E-state index < -0.39 is 11.6 Å². The summed E-state index contributed by atoms with van der Waals surface area (Å²) in [4.78, 5) is 10.8. The van der Waals surface area contributed by atoms with Crippen LogP contribution >= 0.6 is 0 Å². The molecule has 1 aromatic rings. The molecular formula is C13H15FO3. The number of carboxylic acid groups (broad SMARTS) is 1.